The predicted molar refractivity (Wildman–Crippen MR) is 109 cm³/mol. The van der Waals surface area contributed by atoms with Gasteiger partial charge in [0.25, 0.3) is 0 Å². The van der Waals surface area contributed by atoms with Gasteiger partial charge in [0.1, 0.15) is 0 Å². The maximum absolute atomic E-state index is 9.68. The Hall–Kier alpha value is -3.40. The lowest BCUT2D eigenvalue weighted by Gasteiger charge is -2.30. The number of hydrogen-bond acceptors (Lipinski definition) is 3. The molecule has 3 heteroatoms. The molecule has 2 aliphatic rings. The molecule has 134 valence electrons. The van der Waals surface area contributed by atoms with Crippen molar-refractivity contribution in [2.75, 3.05) is 5.23 Å². The summed E-state index contributed by atoms with van der Waals surface area (Å²) in [6.07, 6.45) is 0. The van der Waals surface area contributed by atoms with Crippen LogP contribution in [-0.2, 0) is 5.41 Å². The van der Waals surface area contributed by atoms with E-state index in [2.05, 4.69) is 72.8 Å². The highest BCUT2D eigenvalue weighted by Gasteiger charge is 2.51. The Bertz CT molecular complexity index is 1200. The molecule has 28 heavy (non-hydrogen) atoms. The van der Waals surface area contributed by atoms with Crippen LogP contribution in [0.15, 0.2) is 91.0 Å². The quantitative estimate of drug-likeness (QED) is 0.373. The summed E-state index contributed by atoms with van der Waals surface area (Å²) >= 11 is 0. The van der Waals surface area contributed by atoms with Gasteiger partial charge in [0.15, 0.2) is 0 Å². The average Bonchev–Trinajstić information content (AvgIpc) is 3.21. The molecule has 0 heterocycles. The highest BCUT2D eigenvalue weighted by atomic mass is 16.8. The maximum Gasteiger partial charge on any atom is 0.0946 e. The van der Waals surface area contributed by atoms with Gasteiger partial charge in [-0.3, -0.25) is 10.4 Å². The zero-order valence-corrected chi connectivity index (χ0v) is 15.0. The van der Waals surface area contributed by atoms with E-state index in [4.69, 9.17) is 0 Å². The van der Waals surface area contributed by atoms with Crippen LogP contribution in [0.5, 0.6) is 0 Å². The Morgan fingerprint density at radius 3 is 1.39 bits per heavy atom. The van der Waals surface area contributed by atoms with Crippen molar-refractivity contribution in [3.05, 3.63) is 113 Å². The molecule has 4 aromatic rings. The second kappa shape index (κ2) is 5.32. The van der Waals surface area contributed by atoms with E-state index in [1.165, 1.54) is 33.4 Å². The largest absolute Gasteiger partial charge is 0.264 e. The van der Waals surface area contributed by atoms with Crippen molar-refractivity contribution in [2.24, 2.45) is 0 Å². The summed E-state index contributed by atoms with van der Waals surface area (Å²) in [5, 5.41) is 19.6. The monoisotopic (exact) mass is 363 g/mol. The summed E-state index contributed by atoms with van der Waals surface area (Å²) in [5.41, 5.74) is 9.48. The molecule has 0 radical (unpaired) electrons. The van der Waals surface area contributed by atoms with Gasteiger partial charge < -0.3 is 0 Å². The van der Waals surface area contributed by atoms with Crippen molar-refractivity contribution in [2.45, 2.75) is 5.41 Å². The van der Waals surface area contributed by atoms with Crippen molar-refractivity contribution >= 4 is 5.69 Å². The fourth-order valence-corrected chi connectivity index (χ4v) is 5.21. The molecule has 0 amide bonds. The van der Waals surface area contributed by atoms with Gasteiger partial charge >= 0.3 is 0 Å². The number of rotatable bonds is 1. The van der Waals surface area contributed by atoms with E-state index in [0.717, 1.165) is 11.1 Å². The van der Waals surface area contributed by atoms with E-state index < -0.39 is 5.41 Å². The normalized spacial score (nSPS) is 14.4. The summed E-state index contributed by atoms with van der Waals surface area (Å²) in [7, 11) is 0. The molecule has 0 saturated carbocycles. The fraction of sp³-hybridized carbons (Fsp3) is 0.0400. The van der Waals surface area contributed by atoms with Crippen LogP contribution in [0.25, 0.3) is 22.3 Å². The molecule has 0 aromatic heterocycles. The molecule has 2 N–H and O–H groups in total. The zero-order valence-electron chi connectivity index (χ0n) is 15.0. The van der Waals surface area contributed by atoms with Gasteiger partial charge in [-0.05, 0) is 56.6 Å². The number of fused-ring (bicyclic) bond motifs is 10. The van der Waals surface area contributed by atoms with Crippen molar-refractivity contribution in [3.63, 3.8) is 0 Å². The Kier molecular flexibility index (Phi) is 2.97. The van der Waals surface area contributed by atoms with Crippen LogP contribution in [0.2, 0.25) is 0 Å². The topological polar surface area (TPSA) is 43.7 Å². The lowest BCUT2D eigenvalue weighted by atomic mass is 9.70. The average molecular weight is 363 g/mol. The van der Waals surface area contributed by atoms with Gasteiger partial charge in [-0.15, -0.1) is 5.23 Å². The molecule has 2 aliphatic carbocycles. The Morgan fingerprint density at radius 1 is 0.500 bits per heavy atom. The summed E-state index contributed by atoms with van der Waals surface area (Å²) in [4.78, 5) is 0. The van der Waals surface area contributed by atoms with E-state index in [-0.39, 0.29) is 5.23 Å². The highest BCUT2D eigenvalue weighted by Crippen LogP contribution is 2.62. The third-order valence-corrected chi connectivity index (χ3v) is 6.21. The molecular weight excluding hydrogens is 346 g/mol. The molecule has 0 saturated heterocycles. The van der Waals surface area contributed by atoms with Gasteiger partial charge in [0, 0.05) is 0 Å². The van der Waals surface area contributed by atoms with Crippen LogP contribution in [0.1, 0.15) is 22.3 Å². The smallest absolute Gasteiger partial charge is 0.0946 e. The van der Waals surface area contributed by atoms with Crippen LogP contribution < -0.4 is 5.23 Å². The van der Waals surface area contributed by atoms with Crippen molar-refractivity contribution < 1.29 is 10.4 Å². The van der Waals surface area contributed by atoms with Crippen molar-refractivity contribution in [1.82, 2.24) is 0 Å². The number of hydrogen-bond donors (Lipinski definition) is 2. The summed E-state index contributed by atoms with van der Waals surface area (Å²) < 4.78 is 0. The van der Waals surface area contributed by atoms with E-state index in [1.54, 1.807) is 6.07 Å². The Balaban J connectivity index is 1.83. The van der Waals surface area contributed by atoms with E-state index in [0.29, 0.717) is 5.69 Å². The third-order valence-electron chi connectivity index (χ3n) is 6.21. The molecular formula is C25H17NO2. The second-order valence-electron chi connectivity index (χ2n) is 7.41. The van der Waals surface area contributed by atoms with Crippen molar-refractivity contribution in [1.29, 1.82) is 0 Å². The van der Waals surface area contributed by atoms with E-state index in [9.17, 15) is 10.4 Å². The Labute approximate surface area is 162 Å². The zero-order chi connectivity index (χ0) is 18.9. The van der Waals surface area contributed by atoms with Crippen LogP contribution >= 0.6 is 0 Å². The fourth-order valence-electron chi connectivity index (χ4n) is 5.21. The van der Waals surface area contributed by atoms with E-state index in [1.807, 2.05) is 12.1 Å². The van der Waals surface area contributed by atoms with Crippen LogP contribution in [-0.4, -0.2) is 10.4 Å². The van der Waals surface area contributed by atoms with Gasteiger partial charge in [-0.1, -0.05) is 78.9 Å². The summed E-state index contributed by atoms with van der Waals surface area (Å²) in [6, 6.07) is 31.2. The first-order valence-corrected chi connectivity index (χ1v) is 9.34. The van der Waals surface area contributed by atoms with Gasteiger partial charge in [-0.2, -0.15) is 0 Å². The van der Waals surface area contributed by atoms with Gasteiger partial charge in [0.05, 0.1) is 11.1 Å². The lowest BCUT2D eigenvalue weighted by molar-refractivity contribution is 0.0291. The van der Waals surface area contributed by atoms with Crippen LogP contribution in [0.4, 0.5) is 5.69 Å². The lowest BCUT2D eigenvalue weighted by Crippen LogP contribution is -2.26. The summed E-state index contributed by atoms with van der Waals surface area (Å²) in [6.45, 7) is 0. The first-order chi connectivity index (χ1) is 13.7. The third kappa shape index (κ3) is 1.71. The molecule has 0 fully saturated rings. The molecule has 4 aromatic carbocycles. The van der Waals surface area contributed by atoms with E-state index >= 15 is 0 Å². The minimum Gasteiger partial charge on any atom is -0.264 e. The highest BCUT2D eigenvalue weighted by molar-refractivity contribution is 5.95. The van der Waals surface area contributed by atoms with Crippen LogP contribution in [0, 0.1) is 0 Å². The summed E-state index contributed by atoms with van der Waals surface area (Å²) in [5.74, 6) is 0. The molecule has 6 rings (SSSR count). The standard InChI is InChI=1S/C25H17NO2/c27-26(28)16-13-14-20-19-9-3-6-12-23(19)25(24(20)15-16)21-10-4-1-7-17(21)18-8-2-5-11-22(18)25/h1-15,27-28H. The number of benzene rings is 4. The predicted octanol–water partition coefficient (Wildman–Crippen LogP) is 5.61. The minimum absolute atomic E-state index is 0.198. The second-order valence-corrected chi connectivity index (χ2v) is 7.41. The Morgan fingerprint density at radius 2 is 0.929 bits per heavy atom. The maximum atomic E-state index is 9.68. The molecule has 0 aliphatic heterocycles. The molecule has 1 spiro atoms. The van der Waals surface area contributed by atoms with Crippen LogP contribution in [0.3, 0.4) is 0 Å². The van der Waals surface area contributed by atoms with Gasteiger partial charge in [0.2, 0.25) is 0 Å². The molecule has 0 bridgehead atoms. The number of nitrogens with zero attached hydrogens (tertiary/aromatic N) is 1. The minimum atomic E-state index is -0.453. The molecule has 0 unspecified atom stereocenters. The first-order valence-electron chi connectivity index (χ1n) is 9.34. The molecule has 0 atom stereocenters. The van der Waals surface area contributed by atoms with Gasteiger partial charge in [-0.25, -0.2) is 0 Å². The first kappa shape index (κ1) is 15.6. The number of anilines is 1. The van der Waals surface area contributed by atoms with Crippen molar-refractivity contribution in [3.8, 4) is 22.3 Å². The molecule has 3 nitrogen and oxygen atoms in total. The SMILES string of the molecule is ON(O)c1ccc2c(c1)C1(c3ccccc3-c3ccccc31)c1ccccc1-2.